The lowest BCUT2D eigenvalue weighted by molar-refractivity contribution is -0.438. The number of benzene rings is 4. The SMILES string of the molecule is CC1(C)C(/C=C/C=C2\N(CCCCCC(=O)O)c3ccc4c(S(=O)(=O)O)cccc4c3C2(C)C)=[N+](CCCCCC(=O)O)c2ccc3c(S(=O)(=O)O)cccc3c21. The Kier molecular flexibility index (Phi) is 11.6. The van der Waals surface area contributed by atoms with Crippen molar-refractivity contribution in [1.82, 2.24) is 0 Å². The topological polar surface area (TPSA) is 190 Å². The average Bonchev–Trinajstić information content (AvgIpc) is 3.48. The van der Waals surface area contributed by atoms with Gasteiger partial charge in [-0.1, -0.05) is 56.7 Å². The highest BCUT2D eigenvalue weighted by molar-refractivity contribution is 7.86. The van der Waals surface area contributed by atoms with Crippen molar-refractivity contribution in [1.29, 1.82) is 0 Å². The Hall–Kier alpha value is -4.89. The van der Waals surface area contributed by atoms with E-state index in [9.17, 15) is 45.7 Å². The average molecular weight is 818 g/mol. The van der Waals surface area contributed by atoms with Crippen LogP contribution in [0, 0.1) is 0 Å². The second-order valence-corrected chi connectivity index (χ2v) is 18.6. The molecule has 2 aliphatic rings. The summed E-state index contributed by atoms with van der Waals surface area (Å²) in [6.45, 7) is 9.44. The van der Waals surface area contributed by atoms with Crippen LogP contribution in [0.15, 0.2) is 94.4 Å². The van der Waals surface area contributed by atoms with Crippen molar-refractivity contribution in [2.45, 2.75) is 99.7 Å². The minimum atomic E-state index is -4.50. The zero-order chi connectivity index (χ0) is 41.5. The monoisotopic (exact) mass is 817 g/mol. The molecule has 4 aromatic rings. The summed E-state index contributed by atoms with van der Waals surface area (Å²) < 4.78 is 71.9. The van der Waals surface area contributed by atoms with Crippen LogP contribution in [0.3, 0.4) is 0 Å². The molecule has 4 N–H and O–H groups in total. The summed E-state index contributed by atoms with van der Waals surface area (Å²) in [5, 5.41) is 20.6. The number of hydrogen-bond donors (Lipinski definition) is 4. The predicted molar refractivity (Wildman–Crippen MR) is 220 cm³/mol. The first-order valence-corrected chi connectivity index (χ1v) is 22.0. The number of fused-ring (bicyclic) bond motifs is 6. The van der Waals surface area contributed by atoms with Gasteiger partial charge in [0.05, 0.1) is 5.41 Å². The van der Waals surface area contributed by atoms with Crippen LogP contribution in [0.4, 0.5) is 11.4 Å². The third-order valence-electron chi connectivity index (χ3n) is 11.3. The van der Waals surface area contributed by atoms with Gasteiger partial charge in [0.2, 0.25) is 5.69 Å². The summed E-state index contributed by atoms with van der Waals surface area (Å²) >= 11 is 0. The van der Waals surface area contributed by atoms with Gasteiger partial charge < -0.3 is 15.1 Å². The quantitative estimate of drug-likeness (QED) is 0.0483. The fourth-order valence-corrected chi connectivity index (χ4v) is 10.2. The number of carboxylic acids is 2. The smallest absolute Gasteiger partial charge is 0.303 e. The zero-order valence-electron chi connectivity index (χ0n) is 32.5. The van der Waals surface area contributed by atoms with Crippen LogP contribution in [0.2, 0.25) is 0 Å². The molecule has 0 fully saturated rings. The molecule has 2 aliphatic heterocycles. The van der Waals surface area contributed by atoms with Crippen molar-refractivity contribution < 1.29 is 50.3 Å². The number of carbonyl (C=O) groups is 2. The molecular weight excluding hydrogens is 769 g/mol. The van der Waals surface area contributed by atoms with E-state index in [1.54, 1.807) is 24.3 Å². The minimum Gasteiger partial charge on any atom is -0.481 e. The van der Waals surface area contributed by atoms with E-state index >= 15 is 0 Å². The van der Waals surface area contributed by atoms with E-state index < -0.39 is 43.0 Å². The molecule has 0 spiro atoms. The van der Waals surface area contributed by atoms with Crippen molar-refractivity contribution in [2.75, 3.05) is 18.0 Å². The summed E-state index contributed by atoms with van der Waals surface area (Å²) in [5.74, 6) is -1.68. The molecule has 4 aromatic carbocycles. The standard InChI is InChI=1S/C43H48N2O10S2/c1-42(2)36(44(26-9-5-7-20-38(46)47)32-24-22-28-30(40(32)42)14-11-16-34(28)56(50,51)52)18-13-19-37-43(3,4)41-31-15-12-17-35(57(53,54)55)29(31)23-25-33(41)45(37)27-10-6-8-21-39(48)49/h11-19,22-25H,5-10,20-21,26-27H2,1-4H3,(H3-,46,47,48,49,50,51,52,53,54,55)/p+1. The highest BCUT2D eigenvalue weighted by Crippen LogP contribution is 2.52. The maximum absolute atomic E-state index is 12.4. The zero-order valence-corrected chi connectivity index (χ0v) is 34.2. The van der Waals surface area contributed by atoms with Crippen LogP contribution in [-0.2, 0) is 40.7 Å². The molecule has 0 aromatic heterocycles. The van der Waals surface area contributed by atoms with Crippen molar-refractivity contribution in [3.63, 3.8) is 0 Å². The predicted octanol–water partition coefficient (Wildman–Crippen LogP) is 8.39. The number of carboxylic acid groups (broad SMARTS) is 2. The molecule has 0 atom stereocenters. The Morgan fingerprint density at radius 2 is 1.21 bits per heavy atom. The molecule has 12 nitrogen and oxygen atoms in total. The fraction of sp³-hybridized carbons (Fsp3) is 0.372. The van der Waals surface area contributed by atoms with E-state index in [1.165, 1.54) is 12.1 Å². The number of unbranched alkanes of at least 4 members (excludes halogenated alkanes) is 4. The maximum Gasteiger partial charge on any atom is 0.303 e. The summed E-state index contributed by atoms with van der Waals surface area (Å²) in [4.78, 5) is 24.2. The Morgan fingerprint density at radius 3 is 1.77 bits per heavy atom. The molecule has 0 amide bonds. The molecule has 14 heteroatoms. The van der Waals surface area contributed by atoms with E-state index in [1.807, 2.05) is 42.5 Å². The molecule has 0 saturated carbocycles. The van der Waals surface area contributed by atoms with E-state index in [2.05, 4.69) is 37.2 Å². The summed E-state index contributed by atoms with van der Waals surface area (Å²) in [7, 11) is -9.00. The molecule has 6 rings (SSSR count). The van der Waals surface area contributed by atoms with E-state index in [0.29, 0.717) is 73.2 Å². The molecule has 0 radical (unpaired) electrons. The van der Waals surface area contributed by atoms with Gasteiger partial charge in [0.15, 0.2) is 5.71 Å². The van der Waals surface area contributed by atoms with E-state index in [4.69, 9.17) is 0 Å². The van der Waals surface area contributed by atoms with Crippen molar-refractivity contribution in [3.8, 4) is 0 Å². The van der Waals surface area contributed by atoms with E-state index in [-0.39, 0.29) is 22.6 Å². The number of aliphatic carboxylic acids is 2. The first kappa shape index (κ1) is 41.7. The summed E-state index contributed by atoms with van der Waals surface area (Å²) in [6.07, 6.45) is 10.1. The normalized spacial score (nSPS) is 16.9. The lowest BCUT2D eigenvalue weighted by Gasteiger charge is -2.27. The summed E-state index contributed by atoms with van der Waals surface area (Å²) in [6, 6.07) is 16.9. The Bertz CT molecular complexity index is 2600. The van der Waals surface area contributed by atoms with Gasteiger partial charge >= 0.3 is 11.9 Å². The maximum atomic E-state index is 12.4. The van der Waals surface area contributed by atoms with Crippen LogP contribution in [0.5, 0.6) is 0 Å². The van der Waals surface area contributed by atoms with Gasteiger partial charge in [-0.25, -0.2) is 0 Å². The van der Waals surface area contributed by atoms with Crippen LogP contribution >= 0.6 is 0 Å². The lowest BCUT2D eigenvalue weighted by Crippen LogP contribution is -2.28. The van der Waals surface area contributed by atoms with Crippen LogP contribution in [0.25, 0.3) is 21.5 Å². The molecule has 302 valence electrons. The van der Waals surface area contributed by atoms with Crippen LogP contribution in [-0.4, -0.2) is 71.5 Å². The largest absolute Gasteiger partial charge is 0.481 e. The lowest BCUT2D eigenvalue weighted by atomic mass is 9.79. The van der Waals surface area contributed by atoms with Gasteiger partial charge in [0, 0.05) is 71.1 Å². The second-order valence-electron chi connectivity index (χ2n) is 15.8. The Balaban J connectivity index is 1.46. The molecule has 0 aliphatic carbocycles. The highest BCUT2D eigenvalue weighted by Gasteiger charge is 2.46. The third-order valence-corrected chi connectivity index (χ3v) is 13.1. The summed E-state index contributed by atoms with van der Waals surface area (Å²) in [5.41, 5.74) is 4.20. The number of allylic oxidation sites excluding steroid dienone is 4. The van der Waals surface area contributed by atoms with Gasteiger partial charge in [-0.05, 0) is 86.2 Å². The highest BCUT2D eigenvalue weighted by atomic mass is 32.2. The first-order valence-electron chi connectivity index (χ1n) is 19.1. The molecular formula is C43H49N2O10S2+. The van der Waals surface area contributed by atoms with Gasteiger partial charge in [-0.15, -0.1) is 0 Å². The minimum absolute atomic E-state index is 0.0792. The number of nitrogens with zero attached hydrogens (tertiary/aromatic N) is 2. The fourth-order valence-electron chi connectivity index (χ4n) is 8.79. The number of hydrogen-bond acceptors (Lipinski definition) is 7. The molecule has 0 unspecified atom stereocenters. The van der Waals surface area contributed by atoms with Crippen LogP contribution < -0.4 is 4.90 Å². The molecule has 2 heterocycles. The van der Waals surface area contributed by atoms with Crippen molar-refractivity contribution >= 4 is 70.8 Å². The second kappa shape index (κ2) is 15.8. The van der Waals surface area contributed by atoms with Gasteiger partial charge in [-0.3, -0.25) is 18.7 Å². The Morgan fingerprint density at radius 1 is 0.667 bits per heavy atom. The van der Waals surface area contributed by atoms with Gasteiger partial charge in [0.25, 0.3) is 20.2 Å². The number of anilines is 1. The van der Waals surface area contributed by atoms with Gasteiger partial charge in [-0.2, -0.15) is 21.4 Å². The first-order chi connectivity index (χ1) is 26.8. The number of rotatable bonds is 16. The van der Waals surface area contributed by atoms with Crippen molar-refractivity contribution in [2.24, 2.45) is 0 Å². The molecule has 57 heavy (non-hydrogen) atoms. The van der Waals surface area contributed by atoms with Crippen molar-refractivity contribution in [3.05, 3.63) is 95.7 Å². The third kappa shape index (κ3) is 8.13. The van der Waals surface area contributed by atoms with Gasteiger partial charge in [0.1, 0.15) is 16.3 Å². The Labute approximate surface area is 333 Å². The van der Waals surface area contributed by atoms with Crippen LogP contribution in [0.1, 0.15) is 90.2 Å². The molecule has 0 bridgehead atoms. The molecule has 0 saturated heterocycles. The van der Waals surface area contributed by atoms with E-state index in [0.717, 1.165) is 33.9 Å².